The van der Waals surface area contributed by atoms with Gasteiger partial charge in [0.25, 0.3) is 0 Å². The molecule has 1 atom stereocenters. The van der Waals surface area contributed by atoms with Gasteiger partial charge in [0.1, 0.15) is 5.82 Å². The highest BCUT2D eigenvalue weighted by atomic mass is 19.1. The quantitative estimate of drug-likeness (QED) is 0.747. The van der Waals surface area contributed by atoms with Crippen LogP contribution in [0, 0.1) is 12.7 Å². The summed E-state index contributed by atoms with van der Waals surface area (Å²) in [4.78, 5) is 0. The van der Waals surface area contributed by atoms with E-state index in [2.05, 4.69) is 5.32 Å². The number of hydrogen-bond acceptors (Lipinski definition) is 2. The average molecular weight is 239 g/mol. The van der Waals surface area contributed by atoms with Gasteiger partial charge in [0.15, 0.2) is 0 Å². The lowest BCUT2D eigenvalue weighted by molar-refractivity contribution is 0.0515. The highest BCUT2D eigenvalue weighted by molar-refractivity contribution is 5.27. The maximum absolute atomic E-state index is 13.0. The van der Waals surface area contributed by atoms with E-state index in [1.165, 1.54) is 12.1 Å². The largest absolute Gasteiger partial charge is 0.390 e. The third kappa shape index (κ3) is 4.84. The van der Waals surface area contributed by atoms with Crippen LogP contribution in [0.5, 0.6) is 0 Å². The van der Waals surface area contributed by atoms with Crippen molar-refractivity contribution in [1.29, 1.82) is 0 Å². The summed E-state index contributed by atoms with van der Waals surface area (Å²) < 4.78 is 13.0. The van der Waals surface area contributed by atoms with Gasteiger partial charge in [-0.25, -0.2) is 4.39 Å². The van der Waals surface area contributed by atoms with Gasteiger partial charge in [0.2, 0.25) is 0 Å². The van der Waals surface area contributed by atoms with E-state index in [0.29, 0.717) is 12.8 Å². The summed E-state index contributed by atoms with van der Waals surface area (Å²) in [5.74, 6) is -0.224. The molecule has 0 heterocycles. The van der Waals surface area contributed by atoms with Crippen LogP contribution in [0.3, 0.4) is 0 Å². The summed E-state index contributed by atoms with van der Waals surface area (Å²) in [6, 6.07) is 4.71. The predicted octanol–water partition coefficient (Wildman–Crippen LogP) is 2.43. The minimum atomic E-state index is -0.745. The first-order valence-electron chi connectivity index (χ1n) is 6.13. The van der Waals surface area contributed by atoms with Gasteiger partial charge in [0.05, 0.1) is 5.60 Å². The molecule has 0 amide bonds. The van der Waals surface area contributed by atoms with Gasteiger partial charge < -0.3 is 10.4 Å². The molecule has 1 aromatic rings. The summed E-state index contributed by atoms with van der Waals surface area (Å²) >= 11 is 0. The number of aliphatic hydroxyl groups is 1. The molecule has 0 radical (unpaired) electrons. The summed E-state index contributed by atoms with van der Waals surface area (Å²) in [6.07, 6.45) is 1.25. The molecule has 1 aromatic carbocycles. The standard InChI is InChI=1S/C14H22FNO/c1-4-16-8-7-14(3,17)10-12-5-6-13(15)9-11(12)2/h5-6,9,16-17H,4,7-8,10H2,1-3H3. The molecule has 2 N–H and O–H groups in total. The number of nitrogens with one attached hydrogen (secondary N) is 1. The van der Waals surface area contributed by atoms with Gasteiger partial charge in [-0.15, -0.1) is 0 Å². The Morgan fingerprint density at radius 3 is 2.71 bits per heavy atom. The maximum Gasteiger partial charge on any atom is 0.123 e. The number of hydrogen-bond donors (Lipinski definition) is 2. The molecule has 1 unspecified atom stereocenters. The Morgan fingerprint density at radius 1 is 1.41 bits per heavy atom. The first-order valence-corrected chi connectivity index (χ1v) is 6.13. The zero-order valence-electron chi connectivity index (χ0n) is 10.9. The molecule has 0 aliphatic rings. The summed E-state index contributed by atoms with van der Waals surface area (Å²) in [7, 11) is 0. The Kier molecular flexibility index (Phi) is 5.09. The fourth-order valence-electron chi connectivity index (χ4n) is 1.89. The van der Waals surface area contributed by atoms with Crippen LogP contribution in [0.1, 0.15) is 31.4 Å². The molecule has 3 heteroatoms. The Hall–Kier alpha value is -0.930. The fourth-order valence-corrected chi connectivity index (χ4v) is 1.89. The van der Waals surface area contributed by atoms with Crippen LogP contribution in [0.2, 0.25) is 0 Å². The van der Waals surface area contributed by atoms with E-state index in [4.69, 9.17) is 0 Å². The molecule has 0 bridgehead atoms. The minimum absolute atomic E-state index is 0.224. The molecule has 17 heavy (non-hydrogen) atoms. The molecule has 1 rings (SSSR count). The second kappa shape index (κ2) is 6.12. The van der Waals surface area contributed by atoms with Crippen LogP contribution in [0.4, 0.5) is 4.39 Å². The minimum Gasteiger partial charge on any atom is -0.390 e. The number of benzene rings is 1. The zero-order chi connectivity index (χ0) is 12.9. The van der Waals surface area contributed by atoms with Crippen LogP contribution in [-0.4, -0.2) is 23.8 Å². The monoisotopic (exact) mass is 239 g/mol. The number of halogens is 1. The lowest BCUT2D eigenvalue weighted by atomic mass is 9.91. The topological polar surface area (TPSA) is 32.3 Å². The predicted molar refractivity (Wildman–Crippen MR) is 68.6 cm³/mol. The van der Waals surface area contributed by atoms with Gasteiger partial charge in [-0.05, 0) is 56.6 Å². The van der Waals surface area contributed by atoms with E-state index < -0.39 is 5.60 Å². The van der Waals surface area contributed by atoms with Crippen molar-refractivity contribution in [2.45, 2.75) is 39.2 Å². The Balaban J connectivity index is 2.62. The van der Waals surface area contributed by atoms with E-state index in [-0.39, 0.29) is 5.82 Å². The normalized spacial score (nSPS) is 14.6. The van der Waals surface area contributed by atoms with Crippen molar-refractivity contribution >= 4 is 0 Å². The van der Waals surface area contributed by atoms with E-state index in [1.807, 2.05) is 20.8 Å². The molecular formula is C14H22FNO. The van der Waals surface area contributed by atoms with E-state index in [9.17, 15) is 9.50 Å². The first-order chi connectivity index (χ1) is 7.94. The molecule has 0 aliphatic carbocycles. The third-order valence-corrected chi connectivity index (χ3v) is 2.97. The van der Waals surface area contributed by atoms with E-state index in [0.717, 1.165) is 24.2 Å². The molecule has 0 aromatic heterocycles. The van der Waals surface area contributed by atoms with Gasteiger partial charge in [-0.2, -0.15) is 0 Å². The van der Waals surface area contributed by atoms with Gasteiger partial charge >= 0.3 is 0 Å². The number of rotatable bonds is 6. The Labute approximate surface area is 103 Å². The highest BCUT2D eigenvalue weighted by Crippen LogP contribution is 2.20. The molecule has 0 aliphatic heterocycles. The third-order valence-electron chi connectivity index (χ3n) is 2.97. The lowest BCUT2D eigenvalue weighted by Gasteiger charge is -2.24. The van der Waals surface area contributed by atoms with Crippen molar-refractivity contribution in [3.63, 3.8) is 0 Å². The molecule has 0 saturated carbocycles. The Morgan fingerprint density at radius 2 is 2.12 bits per heavy atom. The molecule has 0 fully saturated rings. The second-order valence-corrected chi connectivity index (χ2v) is 4.85. The van der Waals surface area contributed by atoms with Crippen molar-refractivity contribution in [3.05, 3.63) is 35.1 Å². The van der Waals surface area contributed by atoms with E-state index >= 15 is 0 Å². The van der Waals surface area contributed by atoms with Crippen LogP contribution < -0.4 is 5.32 Å². The SMILES string of the molecule is CCNCCC(C)(O)Cc1ccc(F)cc1C. The average Bonchev–Trinajstić information content (AvgIpc) is 2.22. The van der Waals surface area contributed by atoms with Crippen molar-refractivity contribution < 1.29 is 9.50 Å². The molecular weight excluding hydrogens is 217 g/mol. The molecule has 0 spiro atoms. The molecule has 0 saturated heterocycles. The molecule has 96 valence electrons. The van der Waals surface area contributed by atoms with Crippen molar-refractivity contribution in [1.82, 2.24) is 5.32 Å². The smallest absolute Gasteiger partial charge is 0.123 e. The van der Waals surface area contributed by atoms with Gasteiger partial charge in [-0.3, -0.25) is 0 Å². The van der Waals surface area contributed by atoms with Crippen LogP contribution in [0.25, 0.3) is 0 Å². The number of aryl methyl sites for hydroxylation is 1. The van der Waals surface area contributed by atoms with E-state index in [1.54, 1.807) is 6.07 Å². The second-order valence-electron chi connectivity index (χ2n) is 4.85. The van der Waals surface area contributed by atoms with Gasteiger partial charge in [-0.1, -0.05) is 13.0 Å². The summed E-state index contributed by atoms with van der Waals surface area (Å²) in [5, 5.41) is 13.4. The van der Waals surface area contributed by atoms with Crippen molar-refractivity contribution in [2.24, 2.45) is 0 Å². The van der Waals surface area contributed by atoms with Crippen LogP contribution in [-0.2, 0) is 6.42 Å². The van der Waals surface area contributed by atoms with Crippen molar-refractivity contribution in [3.8, 4) is 0 Å². The molecule has 2 nitrogen and oxygen atoms in total. The summed E-state index contributed by atoms with van der Waals surface area (Å²) in [5.41, 5.74) is 1.16. The van der Waals surface area contributed by atoms with Crippen molar-refractivity contribution in [2.75, 3.05) is 13.1 Å². The first kappa shape index (κ1) is 14.1. The lowest BCUT2D eigenvalue weighted by Crippen LogP contribution is -2.32. The van der Waals surface area contributed by atoms with Crippen LogP contribution >= 0.6 is 0 Å². The maximum atomic E-state index is 13.0. The Bertz CT molecular complexity index is 363. The zero-order valence-corrected chi connectivity index (χ0v) is 10.9. The van der Waals surface area contributed by atoms with Crippen LogP contribution in [0.15, 0.2) is 18.2 Å². The highest BCUT2D eigenvalue weighted by Gasteiger charge is 2.21. The summed E-state index contributed by atoms with van der Waals surface area (Å²) in [6.45, 7) is 7.44. The van der Waals surface area contributed by atoms with Gasteiger partial charge in [0, 0.05) is 6.42 Å². The fraction of sp³-hybridized carbons (Fsp3) is 0.571.